The number of benzene rings is 3. The Morgan fingerprint density at radius 3 is 2.22 bits per heavy atom. The molecular formula is C22H18ClF3N2O3S. The number of halogens is 4. The van der Waals surface area contributed by atoms with Crippen LogP contribution < -0.4 is 9.62 Å². The number of aryl methyl sites for hydroxylation is 1. The highest BCUT2D eigenvalue weighted by molar-refractivity contribution is 7.92. The van der Waals surface area contributed by atoms with Crippen LogP contribution in [0.15, 0.2) is 77.7 Å². The second-order valence-electron chi connectivity index (χ2n) is 6.90. The van der Waals surface area contributed by atoms with E-state index in [1.807, 2.05) is 0 Å². The molecule has 0 bridgehead atoms. The summed E-state index contributed by atoms with van der Waals surface area (Å²) in [6, 6.07) is 16.7. The third-order valence-electron chi connectivity index (χ3n) is 4.50. The normalized spacial score (nSPS) is 11.8. The summed E-state index contributed by atoms with van der Waals surface area (Å²) in [7, 11) is -4.37. The van der Waals surface area contributed by atoms with Crippen LogP contribution in [0.1, 0.15) is 11.1 Å². The Labute approximate surface area is 188 Å². The van der Waals surface area contributed by atoms with Crippen LogP contribution in [0.5, 0.6) is 0 Å². The Morgan fingerprint density at radius 1 is 1.00 bits per heavy atom. The van der Waals surface area contributed by atoms with Crippen molar-refractivity contribution in [2.45, 2.75) is 18.0 Å². The Hall–Kier alpha value is -3.04. The molecule has 3 aromatic carbocycles. The summed E-state index contributed by atoms with van der Waals surface area (Å²) < 4.78 is 67.4. The van der Waals surface area contributed by atoms with Crippen LogP contribution in [0.25, 0.3) is 0 Å². The molecule has 0 spiro atoms. The Bertz CT molecular complexity index is 1220. The van der Waals surface area contributed by atoms with E-state index in [4.69, 9.17) is 11.6 Å². The quantitative estimate of drug-likeness (QED) is 0.504. The standard InChI is InChI=1S/C22H18ClF3N2O3S/c1-15-7-10-18(11-8-15)32(30,31)28(14-21(29)27-16-5-3-2-4-6-16)17-9-12-20(23)19(13-17)22(24,25)26/h2-13H,14H2,1H3,(H,27,29). The molecule has 10 heteroatoms. The minimum absolute atomic E-state index is 0.167. The van der Waals surface area contributed by atoms with Crippen LogP contribution >= 0.6 is 11.6 Å². The summed E-state index contributed by atoms with van der Waals surface area (Å²) >= 11 is 5.68. The number of carbonyl (C=O) groups is 1. The fourth-order valence-electron chi connectivity index (χ4n) is 2.89. The fraction of sp³-hybridized carbons (Fsp3) is 0.136. The molecule has 0 saturated carbocycles. The fourth-order valence-corrected chi connectivity index (χ4v) is 4.53. The lowest BCUT2D eigenvalue weighted by Crippen LogP contribution is -2.38. The first-order chi connectivity index (χ1) is 15.0. The van der Waals surface area contributed by atoms with Crippen molar-refractivity contribution in [1.29, 1.82) is 0 Å². The highest BCUT2D eigenvalue weighted by atomic mass is 35.5. The van der Waals surface area contributed by atoms with E-state index in [1.165, 1.54) is 12.1 Å². The van der Waals surface area contributed by atoms with Crippen LogP contribution in [0.2, 0.25) is 5.02 Å². The molecule has 0 atom stereocenters. The minimum atomic E-state index is -4.81. The van der Waals surface area contributed by atoms with Crippen molar-refractivity contribution < 1.29 is 26.4 Å². The van der Waals surface area contributed by atoms with Gasteiger partial charge in [0.05, 0.1) is 21.2 Å². The van der Waals surface area contributed by atoms with Gasteiger partial charge in [-0.15, -0.1) is 0 Å². The maximum absolute atomic E-state index is 13.4. The number of amides is 1. The van der Waals surface area contributed by atoms with Gasteiger partial charge in [-0.25, -0.2) is 8.42 Å². The van der Waals surface area contributed by atoms with E-state index in [2.05, 4.69) is 5.32 Å². The Kier molecular flexibility index (Phi) is 6.80. The Morgan fingerprint density at radius 2 is 1.62 bits per heavy atom. The third kappa shape index (κ3) is 5.41. The first-order valence-corrected chi connectivity index (χ1v) is 11.1. The molecule has 0 aliphatic rings. The molecule has 3 rings (SSSR count). The molecule has 0 fully saturated rings. The molecule has 1 N–H and O–H groups in total. The maximum atomic E-state index is 13.4. The summed E-state index contributed by atoms with van der Waals surface area (Å²) in [5.41, 5.74) is -0.338. The molecule has 168 valence electrons. The molecule has 1 amide bonds. The third-order valence-corrected chi connectivity index (χ3v) is 6.61. The zero-order valence-corrected chi connectivity index (χ0v) is 18.3. The first-order valence-electron chi connectivity index (χ1n) is 9.29. The first kappa shape index (κ1) is 23.6. The molecule has 0 saturated heterocycles. The van der Waals surface area contributed by atoms with Crippen LogP contribution in [0.3, 0.4) is 0 Å². The van der Waals surface area contributed by atoms with E-state index in [1.54, 1.807) is 49.4 Å². The number of anilines is 2. The number of rotatable bonds is 6. The number of alkyl halides is 3. The van der Waals surface area contributed by atoms with Gasteiger partial charge in [0.25, 0.3) is 10.0 Å². The van der Waals surface area contributed by atoms with Gasteiger partial charge in [-0.1, -0.05) is 47.5 Å². The lowest BCUT2D eigenvalue weighted by molar-refractivity contribution is -0.137. The lowest BCUT2D eigenvalue weighted by atomic mass is 10.2. The molecule has 5 nitrogen and oxygen atoms in total. The zero-order chi connectivity index (χ0) is 23.5. The predicted octanol–water partition coefficient (Wildman–Crippen LogP) is 5.50. The van der Waals surface area contributed by atoms with E-state index in [-0.39, 0.29) is 10.6 Å². The summed E-state index contributed by atoms with van der Waals surface area (Å²) in [6.45, 7) is 1.01. The van der Waals surface area contributed by atoms with Crippen molar-refractivity contribution in [3.63, 3.8) is 0 Å². The van der Waals surface area contributed by atoms with Crippen molar-refractivity contribution in [1.82, 2.24) is 0 Å². The molecular weight excluding hydrogens is 465 g/mol. The van der Waals surface area contributed by atoms with Gasteiger partial charge in [0.2, 0.25) is 5.91 Å². The van der Waals surface area contributed by atoms with E-state index in [0.29, 0.717) is 16.1 Å². The van der Waals surface area contributed by atoms with Crippen LogP contribution in [-0.2, 0) is 21.0 Å². The van der Waals surface area contributed by atoms with Crippen molar-refractivity contribution >= 4 is 38.9 Å². The van der Waals surface area contributed by atoms with Gasteiger partial charge in [0, 0.05) is 5.69 Å². The van der Waals surface area contributed by atoms with E-state index < -0.39 is 39.2 Å². The molecule has 0 heterocycles. The van der Waals surface area contributed by atoms with Crippen LogP contribution in [0, 0.1) is 6.92 Å². The Balaban J connectivity index is 2.05. The summed E-state index contributed by atoms with van der Waals surface area (Å²) in [5.74, 6) is -0.726. The highest BCUT2D eigenvalue weighted by Gasteiger charge is 2.35. The average Bonchev–Trinajstić information content (AvgIpc) is 2.73. The largest absolute Gasteiger partial charge is 0.417 e. The average molecular weight is 483 g/mol. The molecule has 0 aromatic heterocycles. The number of sulfonamides is 1. The SMILES string of the molecule is Cc1ccc(S(=O)(=O)N(CC(=O)Nc2ccccc2)c2ccc(Cl)c(C(F)(F)F)c2)cc1. The van der Waals surface area contributed by atoms with Gasteiger partial charge in [-0.3, -0.25) is 9.10 Å². The summed E-state index contributed by atoms with van der Waals surface area (Å²) in [5, 5.41) is 1.96. The molecule has 3 aromatic rings. The smallest absolute Gasteiger partial charge is 0.325 e. The van der Waals surface area contributed by atoms with Gasteiger partial charge in [0.1, 0.15) is 6.54 Å². The highest BCUT2D eigenvalue weighted by Crippen LogP contribution is 2.38. The number of nitrogens with one attached hydrogen (secondary N) is 1. The monoisotopic (exact) mass is 482 g/mol. The predicted molar refractivity (Wildman–Crippen MR) is 117 cm³/mol. The van der Waals surface area contributed by atoms with Gasteiger partial charge in [-0.05, 0) is 49.4 Å². The number of nitrogens with zero attached hydrogens (tertiary/aromatic N) is 1. The number of para-hydroxylation sites is 1. The second kappa shape index (κ2) is 9.22. The van der Waals surface area contributed by atoms with Crippen LogP contribution in [0.4, 0.5) is 24.5 Å². The lowest BCUT2D eigenvalue weighted by Gasteiger charge is -2.25. The van der Waals surface area contributed by atoms with Crippen molar-refractivity contribution in [3.8, 4) is 0 Å². The molecule has 32 heavy (non-hydrogen) atoms. The molecule has 0 radical (unpaired) electrons. The summed E-state index contributed by atoms with van der Waals surface area (Å²) in [6.07, 6.45) is -4.81. The topological polar surface area (TPSA) is 66.5 Å². The van der Waals surface area contributed by atoms with Gasteiger partial charge >= 0.3 is 6.18 Å². The van der Waals surface area contributed by atoms with Gasteiger partial charge < -0.3 is 5.32 Å². The van der Waals surface area contributed by atoms with E-state index in [9.17, 15) is 26.4 Å². The van der Waals surface area contributed by atoms with Gasteiger partial charge in [0.15, 0.2) is 0 Å². The summed E-state index contributed by atoms with van der Waals surface area (Å²) in [4.78, 5) is 12.4. The number of carbonyl (C=O) groups excluding carboxylic acids is 1. The van der Waals surface area contributed by atoms with Crippen molar-refractivity contribution in [3.05, 3.63) is 88.9 Å². The van der Waals surface area contributed by atoms with E-state index >= 15 is 0 Å². The van der Waals surface area contributed by atoms with Gasteiger partial charge in [-0.2, -0.15) is 13.2 Å². The van der Waals surface area contributed by atoms with Crippen LogP contribution in [-0.4, -0.2) is 20.9 Å². The maximum Gasteiger partial charge on any atom is 0.417 e. The minimum Gasteiger partial charge on any atom is -0.325 e. The van der Waals surface area contributed by atoms with Crippen molar-refractivity contribution in [2.24, 2.45) is 0 Å². The van der Waals surface area contributed by atoms with Crippen molar-refractivity contribution in [2.75, 3.05) is 16.2 Å². The van der Waals surface area contributed by atoms with E-state index in [0.717, 1.165) is 17.7 Å². The molecule has 0 unspecified atom stereocenters. The number of hydrogen-bond donors (Lipinski definition) is 1. The zero-order valence-electron chi connectivity index (χ0n) is 16.7. The second-order valence-corrected chi connectivity index (χ2v) is 9.17. The molecule has 0 aliphatic carbocycles. The molecule has 0 aliphatic heterocycles. The number of hydrogen-bond acceptors (Lipinski definition) is 3.